The monoisotopic (exact) mass is 341 g/mol. The van der Waals surface area contributed by atoms with Crippen LogP contribution in [0, 0.1) is 13.8 Å². The van der Waals surface area contributed by atoms with Crippen LogP contribution in [-0.4, -0.2) is 26.1 Å². The van der Waals surface area contributed by atoms with E-state index in [4.69, 9.17) is 0 Å². The number of hydrogen-bond donors (Lipinski definition) is 0. The van der Waals surface area contributed by atoms with Gasteiger partial charge in [0.25, 0.3) is 5.91 Å². The first-order valence-corrected chi connectivity index (χ1v) is 9.45. The molecule has 3 rings (SSSR count). The lowest BCUT2D eigenvalue weighted by molar-refractivity contribution is 0.0983. The first kappa shape index (κ1) is 16.5. The van der Waals surface area contributed by atoms with Gasteiger partial charge in [-0.1, -0.05) is 35.4 Å². The largest absolute Gasteiger partial charge is 0.300 e. The zero-order chi connectivity index (χ0) is 17.3. The first-order valence-electron chi connectivity index (χ1n) is 7.73. The van der Waals surface area contributed by atoms with Crippen molar-refractivity contribution >= 4 is 21.4 Å². The van der Waals surface area contributed by atoms with E-state index in [0.29, 0.717) is 11.3 Å². The third-order valence-corrected chi connectivity index (χ3v) is 5.34. The molecule has 1 heterocycles. The number of nitrogens with zero attached hydrogens (tertiary/aromatic N) is 1. The average molecular weight is 341 g/mol. The van der Waals surface area contributed by atoms with Crippen molar-refractivity contribution < 1.29 is 13.2 Å². The summed E-state index contributed by atoms with van der Waals surface area (Å²) in [6.45, 7) is 3.88. The minimum atomic E-state index is -3.25. The van der Waals surface area contributed by atoms with Crippen molar-refractivity contribution in [3.05, 3.63) is 76.7 Å². The molecule has 0 fully saturated rings. The Kier molecular flexibility index (Phi) is 4.28. The predicted molar refractivity (Wildman–Crippen MR) is 95.9 cm³/mol. The van der Waals surface area contributed by atoms with Gasteiger partial charge in [0, 0.05) is 16.7 Å². The van der Waals surface area contributed by atoms with Gasteiger partial charge in [-0.15, -0.1) is 0 Å². The molecule has 1 aliphatic rings. The second-order valence-electron chi connectivity index (χ2n) is 6.11. The van der Waals surface area contributed by atoms with Crippen LogP contribution in [0.15, 0.2) is 60.0 Å². The average Bonchev–Trinajstić information content (AvgIpc) is 2.87. The van der Waals surface area contributed by atoms with Crippen molar-refractivity contribution in [2.75, 3.05) is 10.7 Å². The second-order valence-corrected chi connectivity index (χ2v) is 8.04. The highest BCUT2D eigenvalue weighted by molar-refractivity contribution is 7.94. The van der Waals surface area contributed by atoms with Crippen LogP contribution in [0.4, 0.5) is 5.69 Å². The Morgan fingerprint density at radius 3 is 2.21 bits per heavy atom. The number of carbonyl (C=O) groups excluding carboxylic acids is 1. The summed E-state index contributed by atoms with van der Waals surface area (Å²) in [5, 5.41) is 1.20. The van der Waals surface area contributed by atoms with Crippen LogP contribution < -0.4 is 4.90 Å². The summed E-state index contributed by atoms with van der Waals surface area (Å²) in [5.41, 5.74) is 3.25. The molecule has 0 aliphatic carbocycles. The minimum absolute atomic E-state index is 0.0849. The first-order chi connectivity index (χ1) is 11.4. The van der Waals surface area contributed by atoms with Gasteiger partial charge < -0.3 is 4.90 Å². The van der Waals surface area contributed by atoms with E-state index in [2.05, 4.69) is 0 Å². The molecule has 1 atom stereocenters. The lowest BCUT2D eigenvalue weighted by Gasteiger charge is -2.28. The summed E-state index contributed by atoms with van der Waals surface area (Å²) >= 11 is 0. The van der Waals surface area contributed by atoms with E-state index in [-0.39, 0.29) is 11.7 Å². The van der Waals surface area contributed by atoms with Gasteiger partial charge in [-0.05, 0) is 44.2 Å². The van der Waals surface area contributed by atoms with Gasteiger partial charge in [-0.3, -0.25) is 4.79 Å². The van der Waals surface area contributed by atoms with Gasteiger partial charge >= 0.3 is 0 Å². The Bertz CT molecular complexity index is 881. The van der Waals surface area contributed by atoms with Crippen molar-refractivity contribution in [2.24, 2.45) is 0 Å². The van der Waals surface area contributed by atoms with Gasteiger partial charge in [-0.2, -0.15) is 0 Å². The molecule has 2 aromatic rings. The van der Waals surface area contributed by atoms with Gasteiger partial charge in [0.1, 0.15) is 0 Å². The molecule has 0 spiro atoms. The normalized spacial score (nSPS) is 18.5. The fourth-order valence-corrected chi connectivity index (χ4v) is 4.27. The van der Waals surface area contributed by atoms with Crippen molar-refractivity contribution in [3.8, 4) is 0 Å². The third kappa shape index (κ3) is 3.41. The third-order valence-electron chi connectivity index (χ3n) is 3.96. The van der Waals surface area contributed by atoms with Gasteiger partial charge in [0.05, 0.1) is 11.8 Å². The highest BCUT2D eigenvalue weighted by Gasteiger charge is 2.32. The number of benzene rings is 2. The van der Waals surface area contributed by atoms with Crippen LogP contribution in [0.2, 0.25) is 0 Å². The summed E-state index contributed by atoms with van der Waals surface area (Å²) in [4.78, 5) is 14.7. The van der Waals surface area contributed by atoms with E-state index >= 15 is 0 Å². The maximum Gasteiger partial charge on any atom is 0.258 e. The molecule has 5 heteroatoms. The highest BCUT2D eigenvalue weighted by atomic mass is 32.2. The van der Waals surface area contributed by atoms with Crippen molar-refractivity contribution in [1.82, 2.24) is 0 Å². The number of rotatable bonds is 3. The van der Waals surface area contributed by atoms with Crippen LogP contribution in [-0.2, 0) is 9.84 Å². The minimum Gasteiger partial charge on any atom is -0.300 e. The highest BCUT2D eigenvalue weighted by Crippen LogP contribution is 2.25. The number of amides is 1. The number of carbonyl (C=O) groups is 1. The molecule has 0 saturated heterocycles. The molecule has 0 bridgehead atoms. The van der Waals surface area contributed by atoms with E-state index in [1.54, 1.807) is 11.0 Å². The van der Waals surface area contributed by atoms with E-state index in [1.165, 1.54) is 5.41 Å². The standard InChI is InChI=1S/C19H19NO3S/c1-14-10-15(2)12-16(11-14)19(21)20(17-6-4-3-5-7-17)18-8-9-24(22,23)13-18/h3-12,18H,13H2,1-2H3. The molecule has 0 saturated carbocycles. The number of sulfone groups is 1. The molecular weight excluding hydrogens is 322 g/mol. The van der Waals surface area contributed by atoms with E-state index in [0.717, 1.165) is 11.1 Å². The zero-order valence-electron chi connectivity index (χ0n) is 13.6. The van der Waals surface area contributed by atoms with Crippen molar-refractivity contribution in [3.63, 3.8) is 0 Å². The molecular formula is C19H19NO3S. The molecule has 24 heavy (non-hydrogen) atoms. The topological polar surface area (TPSA) is 54.5 Å². The van der Waals surface area contributed by atoms with Gasteiger partial charge in [-0.25, -0.2) is 8.42 Å². The van der Waals surface area contributed by atoms with Crippen molar-refractivity contribution in [1.29, 1.82) is 0 Å². The SMILES string of the molecule is Cc1cc(C)cc(C(=O)N(c2ccccc2)C2C=CS(=O)(=O)C2)c1. The lowest BCUT2D eigenvalue weighted by Crippen LogP contribution is -2.41. The van der Waals surface area contributed by atoms with Crippen LogP contribution in [0.25, 0.3) is 0 Å². The maximum absolute atomic E-state index is 13.1. The van der Waals surface area contributed by atoms with Gasteiger partial charge in [0.2, 0.25) is 0 Å². The molecule has 1 unspecified atom stereocenters. The van der Waals surface area contributed by atoms with E-state index in [1.807, 2.05) is 62.4 Å². The summed E-state index contributed by atoms with van der Waals surface area (Å²) in [6.07, 6.45) is 1.59. The number of anilines is 1. The Morgan fingerprint density at radius 1 is 1.04 bits per heavy atom. The molecule has 0 radical (unpaired) electrons. The van der Waals surface area contributed by atoms with Crippen LogP contribution in [0.5, 0.6) is 0 Å². The predicted octanol–water partition coefficient (Wildman–Crippen LogP) is 3.26. The molecule has 1 aliphatic heterocycles. The second kappa shape index (κ2) is 6.24. The number of hydrogen-bond acceptors (Lipinski definition) is 3. The zero-order valence-corrected chi connectivity index (χ0v) is 14.5. The summed E-state index contributed by atoms with van der Waals surface area (Å²) in [7, 11) is -3.25. The van der Waals surface area contributed by atoms with E-state index in [9.17, 15) is 13.2 Å². The summed E-state index contributed by atoms with van der Waals surface area (Å²) < 4.78 is 23.6. The molecule has 124 valence electrons. The Balaban J connectivity index is 2.05. The molecule has 4 nitrogen and oxygen atoms in total. The quantitative estimate of drug-likeness (QED) is 0.861. The summed E-state index contributed by atoms with van der Waals surface area (Å²) in [6, 6.07) is 14.4. The Labute approximate surface area is 142 Å². The fraction of sp³-hybridized carbons (Fsp3) is 0.211. The Hall–Kier alpha value is -2.40. The lowest BCUT2D eigenvalue weighted by atomic mass is 10.1. The number of aryl methyl sites for hydroxylation is 2. The number of para-hydroxylation sites is 1. The van der Waals surface area contributed by atoms with E-state index < -0.39 is 15.9 Å². The molecule has 0 aromatic heterocycles. The van der Waals surface area contributed by atoms with Crippen molar-refractivity contribution in [2.45, 2.75) is 19.9 Å². The van der Waals surface area contributed by atoms with Crippen LogP contribution in [0.3, 0.4) is 0 Å². The van der Waals surface area contributed by atoms with Gasteiger partial charge in [0.15, 0.2) is 9.84 Å². The van der Waals surface area contributed by atoms with Crippen LogP contribution in [0.1, 0.15) is 21.5 Å². The molecule has 2 aromatic carbocycles. The smallest absolute Gasteiger partial charge is 0.258 e. The molecule has 1 amide bonds. The Morgan fingerprint density at radius 2 is 1.67 bits per heavy atom. The van der Waals surface area contributed by atoms with Crippen LogP contribution >= 0.6 is 0 Å². The molecule has 0 N–H and O–H groups in total. The fourth-order valence-electron chi connectivity index (χ4n) is 3.01. The maximum atomic E-state index is 13.1. The summed E-state index contributed by atoms with van der Waals surface area (Å²) in [5.74, 6) is -0.280.